The fourth-order valence-corrected chi connectivity index (χ4v) is 3.19. The minimum Gasteiger partial charge on any atom is -0.0627 e. The van der Waals surface area contributed by atoms with Gasteiger partial charge in [-0.3, -0.25) is 0 Å². The third-order valence-electron chi connectivity index (χ3n) is 4.05. The Hall–Kier alpha value is -1.56. The Kier molecular flexibility index (Phi) is 5.00. The summed E-state index contributed by atoms with van der Waals surface area (Å²) in [6, 6.07) is 21.7. The Morgan fingerprint density at radius 2 is 1.45 bits per heavy atom. The molecule has 0 fully saturated rings. The van der Waals surface area contributed by atoms with E-state index in [1.807, 2.05) is 0 Å². The second-order valence-corrected chi connectivity index (χ2v) is 6.16. The van der Waals surface area contributed by atoms with Gasteiger partial charge in [0.1, 0.15) is 0 Å². The molecule has 0 nitrogen and oxygen atoms in total. The molecule has 0 saturated heterocycles. The molecule has 0 bridgehead atoms. The van der Waals surface area contributed by atoms with Gasteiger partial charge in [-0.1, -0.05) is 81.4 Å². The molecule has 1 radical (unpaired) electrons. The standard InChI is InChI=1S/C20H25/c1-4-20(15-17(2)3,19-13-9-6-10-14-19)16-18-11-7-5-8-12-18/h5-14,17H,1,4,15-16H2,2-3H3. The van der Waals surface area contributed by atoms with Gasteiger partial charge in [0, 0.05) is 0 Å². The molecule has 1 atom stereocenters. The maximum Gasteiger partial charge on any atom is -0.000423 e. The van der Waals surface area contributed by atoms with E-state index in [0.29, 0.717) is 5.92 Å². The van der Waals surface area contributed by atoms with E-state index in [-0.39, 0.29) is 5.41 Å². The molecule has 2 rings (SSSR count). The van der Waals surface area contributed by atoms with Crippen molar-refractivity contribution in [2.24, 2.45) is 5.92 Å². The van der Waals surface area contributed by atoms with Crippen LogP contribution in [0.1, 0.15) is 37.8 Å². The summed E-state index contributed by atoms with van der Waals surface area (Å²) in [6.07, 6.45) is 3.18. The predicted molar refractivity (Wildman–Crippen MR) is 87.7 cm³/mol. The molecule has 0 heteroatoms. The van der Waals surface area contributed by atoms with Crippen molar-refractivity contribution in [1.82, 2.24) is 0 Å². The molecule has 0 N–H and O–H groups in total. The van der Waals surface area contributed by atoms with E-state index in [4.69, 9.17) is 0 Å². The second kappa shape index (κ2) is 6.74. The van der Waals surface area contributed by atoms with Gasteiger partial charge in [-0.25, -0.2) is 0 Å². The molecule has 0 amide bonds. The Morgan fingerprint density at radius 3 is 1.95 bits per heavy atom. The summed E-state index contributed by atoms with van der Waals surface area (Å²) in [5, 5.41) is 0. The van der Waals surface area contributed by atoms with Crippen molar-refractivity contribution in [3.05, 3.63) is 78.7 Å². The normalized spacial score (nSPS) is 14.2. The first-order valence-corrected chi connectivity index (χ1v) is 7.55. The molecular weight excluding hydrogens is 240 g/mol. The summed E-state index contributed by atoms with van der Waals surface area (Å²) >= 11 is 0. The SMILES string of the molecule is [CH2]CC(Cc1ccccc1)(CC(C)C)c1ccccc1. The van der Waals surface area contributed by atoms with Crippen molar-refractivity contribution in [1.29, 1.82) is 0 Å². The smallest absolute Gasteiger partial charge is 0.000423 e. The summed E-state index contributed by atoms with van der Waals surface area (Å²) in [4.78, 5) is 0. The Bertz CT molecular complexity index is 498. The zero-order valence-corrected chi connectivity index (χ0v) is 12.7. The van der Waals surface area contributed by atoms with Gasteiger partial charge in [-0.05, 0) is 41.7 Å². The lowest BCUT2D eigenvalue weighted by Crippen LogP contribution is -2.30. The molecule has 0 aromatic heterocycles. The monoisotopic (exact) mass is 265 g/mol. The van der Waals surface area contributed by atoms with Crippen molar-refractivity contribution < 1.29 is 0 Å². The van der Waals surface area contributed by atoms with Gasteiger partial charge < -0.3 is 0 Å². The van der Waals surface area contributed by atoms with Crippen LogP contribution in [0.2, 0.25) is 0 Å². The van der Waals surface area contributed by atoms with Gasteiger partial charge in [-0.15, -0.1) is 0 Å². The average molecular weight is 265 g/mol. The molecule has 0 saturated carbocycles. The summed E-state index contributed by atoms with van der Waals surface area (Å²) in [5.74, 6) is 0.667. The van der Waals surface area contributed by atoms with E-state index < -0.39 is 0 Å². The number of hydrogen-bond donors (Lipinski definition) is 0. The van der Waals surface area contributed by atoms with Crippen LogP contribution in [0.15, 0.2) is 60.7 Å². The molecule has 2 aromatic rings. The molecular formula is C20H25. The van der Waals surface area contributed by atoms with Crippen molar-refractivity contribution >= 4 is 0 Å². The van der Waals surface area contributed by atoms with Gasteiger partial charge in [0.05, 0.1) is 0 Å². The Morgan fingerprint density at radius 1 is 0.900 bits per heavy atom. The van der Waals surface area contributed by atoms with Crippen LogP contribution in [-0.4, -0.2) is 0 Å². The first-order valence-electron chi connectivity index (χ1n) is 7.55. The van der Waals surface area contributed by atoms with Gasteiger partial charge >= 0.3 is 0 Å². The minimum absolute atomic E-state index is 0.150. The highest BCUT2D eigenvalue weighted by molar-refractivity contribution is 5.30. The van der Waals surface area contributed by atoms with Crippen LogP contribution in [0.3, 0.4) is 0 Å². The molecule has 0 aliphatic rings. The van der Waals surface area contributed by atoms with Crippen LogP contribution in [0.5, 0.6) is 0 Å². The van der Waals surface area contributed by atoms with Crippen molar-refractivity contribution in [2.45, 2.75) is 38.5 Å². The highest BCUT2D eigenvalue weighted by atomic mass is 14.3. The minimum atomic E-state index is 0.150. The fourth-order valence-electron chi connectivity index (χ4n) is 3.19. The lowest BCUT2D eigenvalue weighted by atomic mass is 9.69. The largest absolute Gasteiger partial charge is 0.0627 e. The summed E-state index contributed by atoms with van der Waals surface area (Å²) < 4.78 is 0. The van der Waals surface area contributed by atoms with Crippen LogP contribution >= 0.6 is 0 Å². The van der Waals surface area contributed by atoms with Crippen molar-refractivity contribution in [2.75, 3.05) is 0 Å². The molecule has 2 aromatic carbocycles. The molecule has 20 heavy (non-hydrogen) atoms. The highest BCUT2D eigenvalue weighted by Crippen LogP contribution is 2.37. The molecule has 0 spiro atoms. The van der Waals surface area contributed by atoms with Gasteiger partial charge in [0.2, 0.25) is 0 Å². The molecule has 0 aliphatic heterocycles. The molecule has 0 heterocycles. The van der Waals surface area contributed by atoms with Crippen LogP contribution < -0.4 is 0 Å². The average Bonchev–Trinajstić information content (AvgIpc) is 2.48. The first-order chi connectivity index (χ1) is 9.66. The third kappa shape index (κ3) is 3.50. The van der Waals surface area contributed by atoms with Crippen molar-refractivity contribution in [3.8, 4) is 0 Å². The summed E-state index contributed by atoms with van der Waals surface area (Å²) in [7, 11) is 0. The molecule has 1 unspecified atom stereocenters. The number of hydrogen-bond acceptors (Lipinski definition) is 0. The van der Waals surface area contributed by atoms with E-state index in [0.717, 1.165) is 12.8 Å². The maximum absolute atomic E-state index is 4.28. The topological polar surface area (TPSA) is 0 Å². The van der Waals surface area contributed by atoms with E-state index in [9.17, 15) is 0 Å². The number of benzene rings is 2. The number of rotatable bonds is 6. The predicted octanol–water partition coefficient (Wildman–Crippen LogP) is 5.44. The van der Waals surface area contributed by atoms with Gasteiger partial charge in [0.25, 0.3) is 0 Å². The first kappa shape index (κ1) is 14.8. The lowest BCUT2D eigenvalue weighted by molar-refractivity contribution is 0.337. The fraction of sp³-hybridized carbons (Fsp3) is 0.350. The lowest BCUT2D eigenvalue weighted by Gasteiger charge is -2.35. The zero-order valence-electron chi connectivity index (χ0n) is 12.7. The van der Waals surface area contributed by atoms with Crippen LogP contribution in [0.25, 0.3) is 0 Å². The van der Waals surface area contributed by atoms with E-state index >= 15 is 0 Å². The quantitative estimate of drug-likeness (QED) is 0.652. The second-order valence-electron chi connectivity index (χ2n) is 6.16. The van der Waals surface area contributed by atoms with E-state index in [2.05, 4.69) is 81.4 Å². The van der Waals surface area contributed by atoms with Crippen LogP contribution in [0.4, 0.5) is 0 Å². The Balaban J connectivity index is 2.37. The summed E-state index contributed by atoms with van der Waals surface area (Å²) in [5.41, 5.74) is 2.98. The molecule has 105 valence electrons. The Labute approximate surface area is 123 Å². The van der Waals surface area contributed by atoms with E-state index in [1.54, 1.807) is 0 Å². The van der Waals surface area contributed by atoms with Crippen molar-refractivity contribution in [3.63, 3.8) is 0 Å². The molecule has 0 aliphatic carbocycles. The highest BCUT2D eigenvalue weighted by Gasteiger charge is 2.31. The zero-order chi connectivity index (χ0) is 14.4. The van der Waals surface area contributed by atoms with E-state index in [1.165, 1.54) is 17.5 Å². The van der Waals surface area contributed by atoms with Crippen LogP contribution in [-0.2, 0) is 11.8 Å². The van der Waals surface area contributed by atoms with Crippen LogP contribution in [0, 0.1) is 12.8 Å². The summed E-state index contributed by atoms with van der Waals surface area (Å²) in [6.45, 7) is 8.89. The van der Waals surface area contributed by atoms with Gasteiger partial charge in [0.15, 0.2) is 0 Å². The van der Waals surface area contributed by atoms with Gasteiger partial charge in [-0.2, -0.15) is 0 Å². The maximum atomic E-state index is 4.28. The third-order valence-corrected chi connectivity index (χ3v) is 4.05.